The molecule has 8 nitrogen and oxygen atoms in total. The van der Waals surface area contributed by atoms with Crippen LogP contribution in [0.15, 0.2) is 54.6 Å². The molecule has 3 aromatic carbocycles. The van der Waals surface area contributed by atoms with Gasteiger partial charge in [0.15, 0.2) is 5.78 Å². The largest absolute Gasteiger partial charge is 0.496 e. The van der Waals surface area contributed by atoms with Gasteiger partial charge in [-0.05, 0) is 54.8 Å². The first-order chi connectivity index (χ1) is 24.2. The summed E-state index contributed by atoms with van der Waals surface area (Å²) < 4.78 is 37.6. The van der Waals surface area contributed by atoms with Gasteiger partial charge >= 0.3 is 0 Å². The predicted molar refractivity (Wildman–Crippen MR) is 203 cm³/mol. The maximum Gasteiger partial charge on any atom is 0.251 e. The second-order valence-corrected chi connectivity index (χ2v) is 15.6. The molecule has 2 fully saturated rings. The number of carbonyl (C=O) groups is 2. The number of rotatable bonds is 11. The first-order valence-corrected chi connectivity index (χ1v) is 17.9. The number of nitrogens with zero attached hydrogens (tertiary/aromatic N) is 3. The summed E-state index contributed by atoms with van der Waals surface area (Å²) >= 11 is 12.4. The summed E-state index contributed by atoms with van der Waals surface area (Å²) in [5.74, 6) is -2.98. The first kappa shape index (κ1) is 41.5. The molecule has 2 aliphatic rings. The molecular weight excluding hydrogens is 731 g/mol. The smallest absolute Gasteiger partial charge is 0.251 e. The highest BCUT2D eigenvalue weighted by Gasteiger charge is 2.61. The van der Waals surface area contributed by atoms with E-state index in [1.165, 1.54) is 31.4 Å². The molecule has 5 rings (SSSR count). The molecule has 280 valence electrons. The van der Waals surface area contributed by atoms with Crippen LogP contribution >= 0.6 is 35.6 Å². The molecule has 0 aromatic heterocycles. The minimum Gasteiger partial charge on any atom is -0.496 e. The Morgan fingerprint density at radius 1 is 1.08 bits per heavy atom. The van der Waals surface area contributed by atoms with Crippen LogP contribution in [0.25, 0.3) is 0 Å². The normalized spacial score (nSPS) is 22.3. The van der Waals surface area contributed by atoms with Gasteiger partial charge in [-0.1, -0.05) is 68.2 Å². The molecule has 0 unspecified atom stereocenters. The number of likely N-dealkylation sites (N-methyl/N-ethyl adjacent to an activating group) is 1. The van der Waals surface area contributed by atoms with E-state index in [1.807, 2.05) is 20.8 Å². The predicted octanol–water partition coefficient (Wildman–Crippen LogP) is 6.81. The van der Waals surface area contributed by atoms with E-state index in [9.17, 15) is 14.9 Å². The molecule has 0 aliphatic carbocycles. The van der Waals surface area contributed by atoms with Crippen LogP contribution in [0.2, 0.25) is 10.0 Å². The second kappa shape index (κ2) is 17.2. The highest BCUT2D eigenvalue weighted by atomic mass is 35.5. The quantitative estimate of drug-likeness (QED) is 0.221. The number of methoxy groups -OCH3 is 1. The molecule has 2 saturated heterocycles. The van der Waals surface area contributed by atoms with Crippen LogP contribution in [0.5, 0.6) is 5.75 Å². The summed E-state index contributed by atoms with van der Waals surface area (Å²) in [5.41, 5.74) is -1.19. The average Bonchev–Trinajstić information content (AvgIpc) is 3.39. The number of nitrogens with one attached hydrogen (secondary N) is 2. The van der Waals surface area contributed by atoms with Crippen molar-refractivity contribution in [1.82, 2.24) is 20.4 Å². The number of carbonyl (C=O) groups excluding carboxylic acids is 2. The lowest BCUT2D eigenvalue weighted by Gasteiger charge is -2.37. The minimum absolute atomic E-state index is 0. The monoisotopic (exact) mass is 775 g/mol. The Hall–Kier alpha value is -3.30. The highest BCUT2D eigenvalue weighted by Crippen LogP contribution is 2.53. The fraction of sp³-hybridized carbons (Fsp3) is 0.462. The van der Waals surface area contributed by atoms with E-state index in [2.05, 4.69) is 33.6 Å². The molecule has 0 radical (unpaired) electrons. The van der Waals surface area contributed by atoms with Crippen LogP contribution in [0, 0.1) is 28.4 Å². The van der Waals surface area contributed by atoms with E-state index in [0.717, 1.165) is 38.8 Å². The van der Waals surface area contributed by atoms with Gasteiger partial charge < -0.3 is 20.3 Å². The standard InChI is InChI=1S/C39H45Cl2F2N5O3.ClH/c1-38(2,3)22-33-39(23-44,28-12-11-26(40)21-30(28)42)34(27-7-6-8-29(41)35(27)43)36(46-33)31(49)19-24-9-10-25(20-32(24)51-5)37(50)45-13-14-48-17-15-47(4)16-18-48;/h6-12,20-21,33-34,36,46H,13-19,22H2,1-5H3,(H,45,50);1H/t33-,34-,36-,39-;/m0./s1. The highest BCUT2D eigenvalue weighted by molar-refractivity contribution is 6.31. The fourth-order valence-corrected chi connectivity index (χ4v) is 7.78. The average molecular weight is 777 g/mol. The van der Waals surface area contributed by atoms with E-state index >= 15 is 8.78 Å². The number of nitriles is 1. The Bertz CT molecular complexity index is 1810. The zero-order valence-electron chi connectivity index (χ0n) is 30.1. The number of halogens is 5. The van der Waals surface area contributed by atoms with E-state index in [4.69, 9.17) is 27.9 Å². The maximum absolute atomic E-state index is 16.0. The Labute approximate surface area is 321 Å². The van der Waals surface area contributed by atoms with Gasteiger partial charge in [0.25, 0.3) is 5.91 Å². The van der Waals surface area contributed by atoms with E-state index in [-0.39, 0.29) is 57.1 Å². The molecule has 52 heavy (non-hydrogen) atoms. The molecule has 1 amide bonds. The number of hydrogen-bond acceptors (Lipinski definition) is 7. The number of Topliss-reactive ketones (excluding diaryl/α,β-unsaturated/α-hetero) is 1. The van der Waals surface area contributed by atoms with Crippen molar-refractivity contribution in [2.45, 2.75) is 57.0 Å². The van der Waals surface area contributed by atoms with Crippen LogP contribution in [-0.4, -0.2) is 87.0 Å². The van der Waals surface area contributed by atoms with Crippen molar-refractivity contribution in [1.29, 1.82) is 5.26 Å². The third kappa shape index (κ3) is 8.90. The molecule has 4 atom stereocenters. The lowest BCUT2D eigenvalue weighted by atomic mass is 9.62. The van der Waals surface area contributed by atoms with Gasteiger partial charge in [-0.15, -0.1) is 12.4 Å². The first-order valence-electron chi connectivity index (χ1n) is 17.1. The number of amides is 1. The van der Waals surface area contributed by atoms with Crippen LogP contribution < -0.4 is 15.4 Å². The summed E-state index contributed by atoms with van der Waals surface area (Å²) in [6, 6.07) is 13.9. The fourth-order valence-electron chi connectivity index (χ4n) is 7.44. The molecule has 13 heteroatoms. The van der Waals surface area contributed by atoms with Crippen molar-refractivity contribution in [3.63, 3.8) is 0 Å². The van der Waals surface area contributed by atoms with Gasteiger partial charge in [0.2, 0.25) is 0 Å². The molecule has 0 bridgehead atoms. The molecule has 2 N–H and O–H groups in total. The van der Waals surface area contributed by atoms with Gasteiger partial charge in [-0.2, -0.15) is 5.26 Å². The lowest BCUT2D eigenvalue weighted by Crippen LogP contribution is -2.46. The van der Waals surface area contributed by atoms with Crippen molar-refractivity contribution < 1.29 is 23.1 Å². The zero-order chi connectivity index (χ0) is 37.1. The number of ketones is 1. The SMILES string of the molecule is COc1cc(C(=O)NCCN2CCN(C)CC2)ccc1CC(=O)[C@@H]1N[C@@H](CC(C)(C)C)[C@](C#N)(c2ccc(Cl)cc2F)[C@H]1c1cccc(Cl)c1F.Cl. The van der Waals surface area contributed by atoms with E-state index in [1.54, 1.807) is 24.3 Å². The van der Waals surface area contributed by atoms with Crippen molar-refractivity contribution in [3.05, 3.63) is 98.5 Å². The topological polar surface area (TPSA) is 97.7 Å². The Kier molecular flexibility index (Phi) is 13.7. The van der Waals surface area contributed by atoms with Crippen molar-refractivity contribution in [3.8, 4) is 11.8 Å². The minimum atomic E-state index is -1.73. The summed E-state index contributed by atoms with van der Waals surface area (Å²) in [6.45, 7) is 11.1. The molecule has 0 saturated carbocycles. The third-order valence-electron chi connectivity index (χ3n) is 10.0. The van der Waals surface area contributed by atoms with Crippen LogP contribution in [-0.2, 0) is 16.6 Å². The van der Waals surface area contributed by atoms with Gasteiger partial charge in [-0.25, -0.2) is 8.78 Å². The Morgan fingerprint density at radius 2 is 1.79 bits per heavy atom. The zero-order valence-corrected chi connectivity index (χ0v) is 32.4. The van der Waals surface area contributed by atoms with Crippen LogP contribution in [0.4, 0.5) is 8.78 Å². The number of benzene rings is 3. The number of piperazine rings is 1. The molecule has 2 aliphatic heterocycles. The van der Waals surface area contributed by atoms with Crippen molar-refractivity contribution in [2.24, 2.45) is 5.41 Å². The summed E-state index contributed by atoms with van der Waals surface area (Å²) in [7, 11) is 3.55. The molecular formula is C39H46Cl3F2N5O3. The van der Waals surface area contributed by atoms with Gasteiger partial charge in [-0.3, -0.25) is 14.5 Å². The lowest BCUT2D eigenvalue weighted by molar-refractivity contribution is -0.120. The van der Waals surface area contributed by atoms with Crippen LogP contribution in [0.3, 0.4) is 0 Å². The Balaban J connectivity index is 0.00000605. The third-order valence-corrected chi connectivity index (χ3v) is 10.5. The maximum atomic E-state index is 16.0. The van der Waals surface area contributed by atoms with E-state index in [0.29, 0.717) is 29.8 Å². The molecule has 3 aromatic rings. The van der Waals surface area contributed by atoms with Crippen LogP contribution in [0.1, 0.15) is 60.2 Å². The number of ether oxygens (including phenoxy) is 1. The number of hydrogen-bond donors (Lipinski definition) is 2. The van der Waals surface area contributed by atoms with Crippen molar-refractivity contribution in [2.75, 3.05) is 53.4 Å². The molecule has 0 spiro atoms. The van der Waals surface area contributed by atoms with Crippen molar-refractivity contribution >= 4 is 47.3 Å². The van der Waals surface area contributed by atoms with Gasteiger partial charge in [0.05, 0.1) is 24.2 Å². The summed E-state index contributed by atoms with van der Waals surface area (Å²) in [6.07, 6.45) is 0.185. The van der Waals surface area contributed by atoms with Gasteiger partial charge in [0, 0.05) is 79.4 Å². The molecule has 2 heterocycles. The Morgan fingerprint density at radius 3 is 2.42 bits per heavy atom. The van der Waals surface area contributed by atoms with E-state index < -0.39 is 35.1 Å². The van der Waals surface area contributed by atoms with Gasteiger partial charge in [0.1, 0.15) is 22.8 Å². The summed E-state index contributed by atoms with van der Waals surface area (Å²) in [5, 5.41) is 17.4. The summed E-state index contributed by atoms with van der Waals surface area (Å²) in [4.78, 5) is 32.1. The second-order valence-electron chi connectivity index (χ2n) is 14.8.